The van der Waals surface area contributed by atoms with Crippen molar-refractivity contribution in [3.8, 4) is 91.1 Å². The molecule has 4 aliphatic rings. The number of aromatic nitrogens is 16. The molecule has 16 aromatic rings. The predicted molar refractivity (Wildman–Crippen MR) is 482 cm³/mol. The van der Waals surface area contributed by atoms with Crippen LogP contribution in [0.1, 0.15) is 67.6 Å². The van der Waals surface area contributed by atoms with Gasteiger partial charge in [-0.05, 0) is 249 Å². The third-order valence-electron chi connectivity index (χ3n) is 22.8. The van der Waals surface area contributed by atoms with Crippen molar-refractivity contribution in [2.75, 3.05) is 39.3 Å². The highest BCUT2D eigenvalue weighted by Crippen LogP contribution is 2.39. The third kappa shape index (κ3) is 22.4. The molecule has 1 saturated heterocycles. The molecule has 0 saturated carbocycles. The smallest absolute Gasteiger partial charge is 0.341 e. The van der Waals surface area contributed by atoms with E-state index in [1.165, 1.54) is 157 Å². The van der Waals surface area contributed by atoms with Crippen molar-refractivity contribution in [1.29, 1.82) is 0 Å². The van der Waals surface area contributed by atoms with Gasteiger partial charge in [0, 0.05) is 113 Å². The number of likely N-dealkylation sites (tertiary alicyclic amines) is 1. The van der Waals surface area contributed by atoms with Crippen molar-refractivity contribution in [2.24, 2.45) is 0 Å². The first-order chi connectivity index (χ1) is 65.3. The summed E-state index contributed by atoms with van der Waals surface area (Å²) < 4.78 is 152. The van der Waals surface area contributed by atoms with Crippen molar-refractivity contribution in [1.82, 2.24) is 98.8 Å². The van der Waals surface area contributed by atoms with Gasteiger partial charge in [-0.25, -0.2) is 78.8 Å². The van der Waals surface area contributed by atoms with E-state index in [-0.39, 0.29) is 96.5 Å². The summed E-state index contributed by atoms with van der Waals surface area (Å²) in [6.45, 7) is 5.78. The van der Waals surface area contributed by atoms with Crippen LogP contribution < -0.4 is 0 Å². The topological polar surface area (TPSA) is 256 Å². The summed E-state index contributed by atoms with van der Waals surface area (Å²) in [5, 5.41) is 25.3. The first kappa shape index (κ1) is 91.6. The molecule has 0 atom stereocenters. The number of aryl methyl sites for hydroxylation is 1. The Morgan fingerprint density at radius 3 is 1.07 bits per heavy atom. The van der Waals surface area contributed by atoms with Gasteiger partial charge in [0.05, 0.1) is 23.8 Å². The van der Waals surface area contributed by atoms with E-state index in [4.69, 9.17) is 0 Å². The molecule has 0 bridgehead atoms. The summed E-state index contributed by atoms with van der Waals surface area (Å²) in [6.07, 6.45) is 2.48. The lowest BCUT2D eigenvalue weighted by molar-refractivity contribution is -0.138. The maximum Gasteiger partial charge on any atom is 0.445 e. The van der Waals surface area contributed by atoms with Crippen LogP contribution >= 0.6 is 22.7 Å². The van der Waals surface area contributed by atoms with Gasteiger partial charge in [-0.15, -0.1) is 41.9 Å². The van der Waals surface area contributed by atoms with Crippen LogP contribution in [0.4, 0.5) is 48.3 Å². The molecule has 0 N–H and O–H groups in total. The number of hydrogen-bond donors (Lipinski definition) is 0. The lowest BCUT2D eigenvalue weighted by Crippen LogP contribution is -2.40. The maximum absolute atomic E-state index is 13.5. The Hall–Kier alpha value is -15.3. The highest BCUT2D eigenvalue weighted by molar-refractivity contribution is 7.11. The Bertz CT molecular complexity index is 6880. The molecule has 135 heavy (non-hydrogen) atoms. The Morgan fingerprint density at radius 2 is 0.711 bits per heavy atom. The summed E-state index contributed by atoms with van der Waals surface area (Å²) in [4.78, 5) is 87.7. The number of benzene rings is 9. The summed E-state index contributed by atoms with van der Waals surface area (Å²) >= 11 is 2.14. The summed E-state index contributed by atoms with van der Waals surface area (Å²) in [7, 11) is 0. The summed E-state index contributed by atoms with van der Waals surface area (Å²) in [5.41, 5.74) is 10.4. The monoisotopic (exact) mass is 1870 g/mol. The van der Waals surface area contributed by atoms with Crippen molar-refractivity contribution in [2.45, 2.75) is 90.4 Å². The van der Waals surface area contributed by atoms with Crippen LogP contribution in [0.25, 0.3) is 96.7 Å². The van der Waals surface area contributed by atoms with Crippen LogP contribution in [-0.2, 0) is 77.5 Å². The van der Waals surface area contributed by atoms with Crippen molar-refractivity contribution in [3.63, 3.8) is 0 Å². The number of pyridine rings is 1. The summed E-state index contributed by atoms with van der Waals surface area (Å²) in [6, 6.07) is 60.4. The lowest BCUT2D eigenvalue weighted by Gasteiger charge is -2.31. The minimum atomic E-state index is -4.53. The minimum Gasteiger partial charge on any atom is -0.341 e. The Labute approximate surface area is 772 Å². The number of fused-ring (bicyclic) bond motifs is 2. The van der Waals surface area contributed by atoms with Gasteiger partial charge in [-0.2, -0.15) is 13.2 Å². The molecule has 20 rings (SSSR count). The average molecular weight is 1870 g/mol. The molecule has 9 aromatic carbocycles. The molecule has 0 radical (unpaired) electrons. The van der Waals surface area contributed by atoms with Crippen LogP contribution in [-0.4, -0.2) is 162 Å². The first-order valence-corrected chi connectivity index (χ1v) is 44.4. The van der Waals surface area contributed by atoms with Crippen LogP contribution in [0.3, 0.4) is 0 Å². The maximum atomic E-state index is 13.5. The fourth-order valence-corrected chi connectivity index (χ4v) is 17.5. The molecule has 0 spiro atoms. The average Bonchev–Trinajstić information content (AvgIpc) is 1.64. The van der Waals surface area contributed by atoms with E-state index in [2.05, 4.69) is 84.8 Å². The highest BCUT2D eigenvalue weighted by atomic mass is 32.1. The molecule has 0 aliphatic carbocycles. The van der Waals surface area contributed by atoms with E-state index in [1.807, 2.05) is 36.1 Å². The van der Waals surface area contributed by atoms with Crippen molar-refractivity contribution >= 4 is 51.9 Å². The molecule has 4 amide bonds. The van der Waals surface area contributed by atoms with E-state index < -0.39 is 22.8 Å². The number of hydrogen-bond acceptors (Lipinski definition) is 18. The van der Waals surface area contributed by atoms with Gasteiger partial charge in [0.1, 0.15) is 77.7 Å². The van der Waals surface area contributed by atoms with Gasteiger partial charge in [0.15, 0.2) is 46.6 Å². The van der Waals surface area contributed by atoms with Gasteiger partial charge < -0.3 is 19.6 Å². The molecule has 4 aliphatic heterocycles. The number of rotatable bonds is 18. The molecule has 0 unspecified atom stereocenters. The van der Waals surface area contributed by atoms with E-state index >= 15 is 0 Å². The zero-order chi connectivity index (χ0) is 94.0. The quantitative estimate of drug-likeness (QED) is 0.0723. The standard InChI is InChI=1S/C27H22F2N4O.C25H21F2N5O.C24H19F5N6OS.C22H17F2N5OS/c28-23-10-6-21(7-11-23)26-30-27(22-8-12-24(29)13-9-22)33(31-26)18-25(34)32-16-14-20(15-17-32)19-4-2-1-3-5-19;26-20-7-3-18(4-8-20)24-29-25(19-5-9-21(27)10-6-19)32(30-24)16-23(33)31-14-11-17-2-1-13-28-22(17)12-15-31;25-17-5-1-14(2-6-17)20-30-21(15-3-7-18(26)8-4-15)35(33-20)13-19(36)34-11-9-16(10-12-34)22-31-32-23(37-22)24(27,28)29;1-13-25-18-10-28(11-19(18)31-13)20(30)12-29-22(15-4-8-17(24)9-5-15)26-21(27-29)14-2-6-16(23)7-3-14/h1-14H,15-18H2;1-10,13H,11-12,14-16H2;1-8,16H,9-13H2;2-9H,10-12H2,1H3. The number of carbonyl (C=O) groups is 4. The van der Waals surface area contributed by atoms with E-state index in [9.17, 15) is 67.5 Å². The molecule has 684 valence electrons. The molecule has 11 heterocycles. The third-order valence-corrected chi connectivity index (χ3v) is 24.9. The lowest BCUT2D eigenvalue weighted by atomic mass is 9.97. The first-order valence-electron chi connectivity index (χ1n) is 42.8. The minimum absolute atomic E-state index is 0.00455. The van der Waals surface area contributed by atoms with Crippen LogP contribution in [0.5, 0.6) is 0 Å². The molecular weight excluding hydrogens is 1790 g/mol. The van der Waals surface area contributed by atoms with Crippen LogP contribution in [0.2, 0.25) is 0 Å². The number of thiazole rings is 1. The Kier molecular flexibility index (Phi) is 27.7. The second-order valence-corrected chi connectivity index (χ2v) is 34.1. The van der Waals surface area contributed by atoms with Crippen molar-refractivity contribution < 1.29 is 67.5 Å². The summed E-state index contributed by atoms with van der Waals surface area (Å²) in [5.74, 6) is -0.656. The number of piperidine rings is 1. The number of alkyl halides is 3. The Morgan fingerprint density at radius 1 is 0.356 bits per heavy atom. The largest absolute Gasteiger partial charge is 0.445 e. The van der Waals surface area contributed by atoms with E-state index in [0.29, 0.717) is 173 Å². The van der Waals surface area contributed by atoms with Crippen LogP contribution in [0, 0.1) is 53.5 Å². The van der Waals surface area contributed by atoms with Gasteiger partial charge >= 0.3 is 6.18 Å². The van der Waals surface area contributed by atoms with Crippen molar-refractivity contribution in [3.05, 3.63) is 338 Å². The van der Waals surface area contributed by atoms with E-state index in [1.54, 1.807) is 105 Å². The number of carbonyl (C=O) groups excluding carboxylic acids is 4. The molecule has 24 nitrogen and oxygen atoms in total. The fraction of sp³-hybridized carbons (Fsp3) is 0.204. The second kappa shape index (κ2) is 40.8. The molecule has 7 aromatic heterocycles. The molecule has 1 fully saturated rings. The fourth-order valence-electron chi connectivity index (χ4n) is 15.7. The molecular formula is C98H79F11N20O4S2. The molecule has 37 heteroatoms. The van der Waals surface area contributed by atoms with Gasteiger partial charge in [0.25, 0.3) is 0 Å². The number of halogens is 11. The van der Waals surface area contributed by atoms with Gasteiger partial charge in [-0.3, -0.25) is 24.2 Å². The SMILES string of the molecule is Cc1nc2c(s1)CN(C(=O)Cn1nc(-c3ccc(F)cc3)nc1-c1ccc(F)cc1)C2.O=C(Cn1nc(-c2ccc(F)cc2)nc1-c1ccc(F)cc1)N1CC=C(c2ccccc2)CC1.O=C(Cn1nc(-c2ccc(F)cc2)nc1-c1ccc(F)cc1)N1CCC(c2nnc(C(F)(F)F)s2)CC1.O=C(Cn1nc(-c2ccc(F)cc2)nc1-c1ccc(F)cc1)N1CCc2cccnc2CC1. The number of nitrogens with zero attached hydrogens (tertiary/aromatic N) is 20. The Balaban J connectivity index is 0.000000125. The zero-order valence-electron chi connectivity index (χ0n) is 71.8. The van der Waals surface area contributed by atoms with E-state index in [0.717, 1.165) is 34.1 Å². The second-order valence-electron chi connectivity index (χ2n) is 31.8. The van der Waals surface area contributed by atoms with Gasteiger partial charge in [-0.1, -0.05) is 53.8 Å². The number of amides is 4. The normalized spacial score (nSPS) is 13.7. The zero-order valence-corrected chi connectivity index (χ0v) is 73.5. The predicted octanol–water partition coefficient (Wildman–Crippen LogP) is 18.5. The van der Waals surface area contributed by atoms with Gasteiger partial charge in [0.2, 0.25) is 28.6 Å². The highest BCUT2D eigenvalue weighted by Gasteiger charge is 2.38. The van der Waals surface area contributed by atoms with Crippen LogP contribution in [0.15, 0.2) is 249 Å².